The molecule has 5 heteroatoms. The van der Waals surface area contributed by atoms with Crippen molar-refractivity contribution in [3.8, 4) is 5.75 Å². The molecule has 0 bridgehead atoms. The summed E-state index contributed by atoms with van der Waals surface area (Å²) in [5, 5.41) is 4.32. The standard InChI is InChI=1S/C30H35N3O2/c1-30(2,3)27(19-29(34)32-18-16-23-9-7-8-17-31-23)26-21-33(28-11-6-5-10-25(26)28)20-22-12-14-24(35-4)15-13-22/h5-15,17,21,27H,16,18-20H2,1-4H3,(H,32,34)/t27-/m1/s1. The predicted molar refractivity (Wildman–Crippen MR) is 142 cm³/mol. The minimum absolute atomic E-state index is 0.0760. The summed E-state index contributed by atoms with van der Waals surface area (Å²) in [7, 11) is 1.68. The van der Waals surface area contributed by atoms with Crippen molar-refractivity contribution in [3.63, 3.8) is 0 Å². The third-order valence-electron chi connectivity index (χ3n) is 6.57. The molecular formula is C30H35N3O2. The molecule has 5 nitrogen and oxygen atoms in total. The second kappa shape index (κ2) is 10.8. The molecule has 0 aliphatic heterocycles. The second-order valence-electron chi connectivity index (χ2n) is 10.1. The number of amides is 1. The Hall–Kier alpha value is -3.60. The van der Waals surface area contributed by atoms with Crippen LogP contribution in [0.1, 0.15) is 49.9 Å². The molecule has 2 aromatic carbocycles. The van der Waals surface area contributed by atoms with Crippen molar-refractivity contribution in [1.29, 1.82) is 0 Å². The summed E-state index contributed by atoms with van der Waals surface area (Å²) in [6, 6.07) is 22.5. The zero-order chi connectivity index (χ0) is 24.8. The Labute approximate surface area is 208 Å². The Morgan fingerprint density at radius 1 is 1.03 bits per heavy atom. The molecule has 2 aromatic heterocycles. The lowest BCUT2D eigenvalue weighted by atomic mass is 9.74. The number of carbonyl (C=O) groups is 1. The molecule has 4 rings (SSSR count). The van der Waals surface area contributed by atoms with Crippen LogP contribution in [0.4, 0.5) is 0 Å². The number of carbonyl (C=O) groups excluding carboxylic acids is 1. The van der Waals surface area contributed by atoms with E-state index in [1.165, 1.54) is 22.0 Å². The van der Waals surface area contributed by atoms with Gasteiger partial charge in [-0.15, -0.1) is 0 Å². The number of methoxy groups -OCH3 is 1. The number of para-hydroxylation sites is 1. The van der Waals surface area contributed by atoms with Crippen molar-refractivity contribution < 1.29 is 9.53 Å². The van der Waals surface area contributed by atoms with Crippen LogP contribution < -0.4 is 10.1 Å². The van der Waals surface area contributed by atoms with Gasteiger partial charge in [-0.1, -0.05) is 57.2 Å². The normalized spacial score (nSPS) is 12.5. The van der Waals surface area contributed by atoms with Crippen LogP contribution >= 0.6 is 0 Å². The maximum absolute atomic E-state index is 13.0. The highest BCUT2D eigenvalue weighted by atomic mass is 16.5. The molecule has 0 spiro atoms. The van der Waals surface area contributed by atoms with E-state index in [-0.39, 0.29) is 17.2 Å². The average Bonchev–Trinajstić information content (AvgIpc) is 3.21. The molecular weight excluding hydrogens is 434 g/mol. The molecule has 0 saturated heterocycles. The smallest absolute Gasteiger partial charge is 0.220 e. The number of nitrogens with one attached hydrogen (secondary N) is 1. The number of hydrogen-bond donors (Lipinski definition) is 1. The number of fused-ring (bicyclic) bond motifs is 1. The van der Waals surface area contributed by atoms with Crippen LogP contribution in [0.15, 0.2) is 79.1 Å². The third-order valence-corrected chi connectivity index (χ3v) is 6.57. The highest BCUT2D eigenvalue weighted by Crippen LogP contribution is 2.41. The van der Waals surface area contributed by atoms with Gasteiger partial charge in [0.15, 0.2) is 0 Å². The molecule has 0 saturated carbocycles. The Balaban J connectivity index is 1.55. The lowest BCUT2D eigenvalue weighted by Crippen LogP contribution is -2.30. The summed E-state index contributed by atoms with van der Waals surface area (Å²) in [4.78, 5) is 17.4. The van der Waals surface area contributed by atoms with E-state index in [0.717, 1.165) is 24.4 Å². The molecule has 0 unspecified atom stereocenters. The number of rotatable bonds is 9. The maximum atomic E-state index is 13.0. The van der Waals surface area contributed by atoms with Gasteiger partial charge in [0.2, 0.25) is 5.91 Å². The van der Waals surface area contributed by atoms with E-state index < -0.39 is 0 Å². The molecule has 1 atom stereocenters. The first-order chi connectivity index (χ1) is 16.8. The van der Waals surface area contributed by atoms with Gasteiger partial charge in [0, 0.05) is 54.9 Å². The third kappa shape index (κ3) is 6.10. The quantitative estimate of drug-likeness (QED) is 0.328. The fourth-order valence-electron chi connectivity index (χ4n) is 4.63. The lowest BCUT2D eigenvalue weighted by molar-refractivity contribution is -0.122. The highest BCUT2D eigenvalue weighted by Gasteiger charge is 2.31. The summed E-state index contributed by atoms with van der Waals surface area (Å²) in [5.41, 5.74) is 4.52. The molecule has 0 radical (unpaired) electrons. The first kappa shape index (κ1) is 24.5. The van der Waals surface area contributed by atoms with Gasteiger partial charge in [-0.3, -0.25) is 9.78 Å². The number of benzene rings is 2. The first-order valence-electron chi connectivity index (χ1n) is 12.2. The van der Waals surface area contributed by atoms with Crippen LogP contribution in [0.2, 0.25) is 0 Å². The minimum atomic E-state index is -0.0760. The summed E-state index contributed by atoms with van der Waals surface area (Å²) < 4.78 is 7.60. The van der Waals surface area contributed by atoms with E-state index in [0.29, 0.717) is 13.0 Å². The van der Waals surface area contributed by atoms with E-state index in [1.807, 2.05) is 30.3 Å². The fourth-order valence-corrected chi connectivity index (χ4v) is 4.63. The summed E-state index contributed by atoms with van der Waals surface area (Å²) in [5.74, 6) is 1.01. The van der Waals surface area contributed by atoms with E-state index in [9.17, 15) is 4.79 Å². The summed E-state index contributed by atoms with van der Waals surface area (Å²) in [6.07, 6.45) is 5.21. The van der Waals surface area contributed by atoms with Crippen LogP contribution in [-0.4, -0.2) is 29.1 Å². The summed E-state index contributed by atoms with van der Waals surface area (Å²) in [6.45, 7) is 8.00. The van der Waals surface area contributed by atoms with Crippen molar-refractivity contribution in [2.24, 2.45) is 5.41 Å². The largest absolute Gasteiger partial charge is 0.497 e. The van der Waals surface area contributed by atoms with Gasteiger partial charge >= 0.3 is 0 Å². The Bertz CT molecular complexity index is 1250. The van der Waals surface area contributed by atoms with Crippen LogP contribution in [0.3, 0.4) is 0 Å². The number of ether oxygens (including phenoxy) is 1. The topological polar surface area (TPSA) is 56.1 Å². The van der Waals surface area contributed by atoms with E-state index in [2.05, 4.69) is 78.2 Å². The van der Waals surface area contributed by atoms with Crippen molar-refractivity contribution in [3.05, 3.63) is 95.9 Å². The average molecular weight is 470 g/mol. The Morgan fingerprint density at radius 2 is 1.77 bits per heavy atom. The van der Waals surface area contributed by atoms with Gasteiger partial charge in [0.05, 0.1) is 7.11 Å². The molecule has 182 valence electrons. The lowest BCUT2D eigenvalue weighted by Gasteiger charge is -2.30. The maximum Gasteiger partial charge on any atom is 0.220 e. The molecule has 1 N–H and O–H groups in total. The number of pyridine rings is 1. The monoisotopic (exact) mass is 469 g/mol. The van der Waals surface area contributed by atoms with Gasteiger partial charge in [0.25, 0.3) is 0 Å². The fraction of sp³-hybridized carbons (Fsp3) is 0.333. The van der Waals surface area contributed by atoms with Crippen LogP contribution in [0.5, 0.6) is 5.75 Å². The first-order valence-corrected chi connectivity index (χ1v) is 12.2. The molecule has 0 aliphatic rings. The number of aromatic nitrogens is 2. The predicted octanol–water partition coefficient (Wildman–Crippen LogP) is 5.97. The number of nitrogens with zero attached hydrogens (tertiary/aromatic N) is 2. The molecule has 2 heterocycles. The van der Waals surface area contributed by atoms with Gasteiger partial charge in [-0.25, -0.2) is 0 Å². The Kier molecular flexibility index (Phi) is 7.54. The molecule has 0 fully saturated rings. The molecule has 1 amide bonds. The van der Waals surface area contributed by atoms with Gasteiger partial charge in [-0.2, -0.15) is 0 Å². The van der Waals surface area contributed by atoms with Crippen LogP contribution in [0, 0.1) is 5.41 Å². The van der Waals surface area contributed by atoms with Gasteiger partial charge in [0.1, 0.15) is 5.75 Å². The van der Waals surface area contributed by atoms with Crippen LogP contribution in [-0.2, 0) is 17.8 Å². The number of hydrogen-bond acceptors (Lipinski definition) is 3. The zero-order valence-electron chi connectivity index (χ0n) is 21.1. The van der Waals surface area contributed by atoms with Crippen molar-refractivity contribution in [2.75, 3.05) is 13.7 Å². The zero-order valence-corrected chi connectivity index (χ0v) is 21.1. The highest BCUT2D eigenvalue weighted by molar-refractivity contribution is 5.86. The van der Waals surface area contributed by atoms with Gasteiger partial charge < -0.3 is 14.6 Å². The van der Waals surface area contributed by atoms with E-state index in [1.54, 1.807) is 13.3 Å². The summed E-state index contributed by atoms with van der Waals surface area (Å²) >= 11 is 0. The molecule has 0 aliphatic carbocycles. The molecule has 4 aromatic rings. The Morgan fingerprint density at radius 3 is 2.46 bits per heavy atom. The van der Waals surface area contributed by atoms with E-state index in [4.69, 9.17) is 4.74 Å². The van der Waals surface area contributed by atoms with Crippen molar-refractivity contribution >= 4 is 16.8 Å². The molecule has 35 heavy (non-hydrogen) atoms. The van der Waals surface area contributed by atoms with Gasteiger partial charge in [-0.05, 0) is 52.8 Å². The van der Waals surface area contributed by atoms with Crippen molar-refractivity contribution in [2.45, 2.75) is 46.1 Å². The van der Waals surface area contributed by atoms with E-state index >= 15 is 0 Å². The minimum Gasteiger partial charge on any atom is -0.497 e. The van der Waals surface area contributed by atoms with Crippen LogP contribution in [0.25, 0.3) is 10.9 Å². The second-order valence-corrected chi connectivity index (χ2v) is 10.1. The SMILES string of the molecule is COc1ccc(Cn2cc([C@@H](CC(=O)NCCc3ccccn3)C(C)(C)C)c3ccccc32)cc1. The van der Waals surface area contributed by atoms with Crippen molar-refractivity contribution in [1.82, 2.24) is 14.9 Å².